The molecule has 0 saturated carbocycles. The molecule has 0 aliphatic carbocycles. The lowest BCUT2D eigenvalue weighted by Crippen LogP contribution is -2.61. The van der Waals surface area contributed by atoms with E-state index in [1.807, 2.05) is 36.4 Å². The summed E-state index contributed by atoms with van der Waals surface area (Å²) >= 11 is 0. The largest absolute Gasteiger partial charge is 0.456 e. The number of anilines is 6. The quantitative estimate of drug-likeness (QED) is 0.155. The molecule has 72 heavy (non-hydrogen) atoms. The number of rotatable bonds is 6. The lowest BCUT2D eigenvalue weighted by atomic mass is 9.33. The first-order valence-corrected chi connectivity index (χ1v) is 25.1. The van der Waals surface area contributed by atoms with Crippen molar-refractivity contribution < 1.29 is 17.7 Å². The Morgan fingerprint density at radius 2 is 1.03 bits per heavy atom. The Hall–Kier alpha value is -8.42. The van der Waals surface area contributed by atoms with Gasteiger partial charge in [0.05, 0.1) is 5.69 Å². The highest BCUT2D eigenvalue weighted by Gasteiger charge is 2.47. The van der Waals surface area contributed by atoms with Gasteiger partial charge < -0.3 is 22.6 Å². The molecular formula is C65H51BN2O4. The van der Waals surface area contributed by atoms with Gasteiger partial charge in [0, 0.05) is 66.4 Å². The second-order valence-corrected chi connectivity index (χ2v) is 21.2. The van der Waals surface area contributed by atoms with Gasteiger partial charge >= 0.3 is 0 Å². The molecule has 14 rings (SSSR count). The SMILES string of the molecule is Cc1cc(-c2cc3ccccc3o2)cc(C)c1N1c2cc(C(C)C)cc3c2B(c2ccc(-c4cc5ccccc5o4)cc2N3c2cccc(-c3cc4ccccc4o3)c2)c2c1oc1ccc(C(C)(C)C)cc21. The molecule has 0 spiro atoms. The van der Waals surface area contributed by atoms with Gasteiger partial charge in [0.25, 0.3) is 6.71 Å². The molecule has 0 N–H and O–H groups in total. The second kappa shape index (κ2) is 15.5. The second-order valence-electron chi connectivity index (χ2n) is 21.2. The van der Waals surface area contributed by atoms with E-state index in [0.717, 1.165) is 129 Å². The number of hydrogen-bond donors (Lipinski definition) is 0. The van der Waals surface area contributed by atoms with Gasteiger partial charge in [0.15, 0.2) is 0 Å². The number of hydrogen-bond acceptors (Lipinski definition) is 6. The molecule has 8 aromatic carbocycles. The molecule has 0 unspecified atom stereocenters. The van der Waals surface area contributed by atoms with Gasteiger partial charge in [0.2, 0.25) is 5.88 Å². The van der Waals surface area contributed by atoms with Crippen LogP contribution in [0.2, 0.25) is 0 Å². The highest BCUT2D eigenvalue weighted by molar-refractivity contribution is 7.01. The van der Waals surface area contributed by atoms with Gasteiger partial charge in [-0.3, -0.25) is 4.90 Å². The van der Waals surface area contributed by atoms with E-state index in [4.69, 9.17) is 17.7 Å². The van der Waals surface area contributed by atoms with Gasteiger partial charge in [-0.15, -0.1) is 0 Å². The average molecular weight is 935 g/mol. The molecule has 6 nitrogen and oxygen atoms in total. The molecule has 4 aromatic heterocycles. The maximum atomic E-state index is 7.35. The molecule has 348 valence electrons. The summed E-state index contributed by atoms with van der Waals surface area (Å²) in [5.74, 6) is 3.56. The predicted octanol–water partition coefficient (Wildman–Crippen LogP) is 16.8. The Kier molecular flexibility index (Phi) is 9.17. The highest BCUT2D eigenvalue weighted by Crippen LogP contribution is 2.50. The van der Waals surface area contributed by atoms with Crippen LogP contribution in [0.1, 0.15) is 62.8 Å². The third-order valence-electron chi connectivity index (χ3n) is 15.2. The smallest absolute Gasteiger partial charge is 0.257 e. The molecule has 0 fully saturated rings. The summed E-state index contributed by atoms with van der Waals surface area (Å²) in [6.07, 6.45) is 0. The summed E-state index contributed by atoms with van der Waals surface area (Å²) < 4.78 is 27.0. The molecule has 0 bridgehead atoms. The Labute approximate surface area is 418 Å². The van der Waals surface area contributed by atoms with Crippen molar-refractivity contribution in [3.63, 3.8) is 0 Å². The third-order valence-corrected chi connectivity index (χ3v) is 15.2. The van der Waals surface area contributed by atoms with Crippen molar-refractivity contribution in [3.05, 3.63) is 198 Å². The fourth-order valence-corrected chi connectivity index (χ4v) is 11.6. The van der Waals surface area contributed by atoms with E-state index in [1.165, 1.54) is 22.1 Å². The zero-order chi connectivity index (χ0) is 48.7. The van der Waals surface area contributed by atoms with E-state index >= 15 is 0 Å². The monoisotopic (exact) mass is 934 g/mol. The van der Waals surface area contributed by atoms with Crippen LogP contribution in [0, 0.1) is 13.8 Å². The zero-order valence-electron chi connectivity index (χ0n) is 41.4. The minimum atomic E-state index is -0.177. The van der Waals surface area contributed by atoms with Crippen LogP contribution >= 0.6 is 0 Å². The Bertz CT molecular complexity index is 4070. The molecule has 0 saturated heterocycles. The predicted molar refractivity (Wildman–Crippen MR) is 298 cm³/mol. The number of benzene rings is 8. The van der Waals surface area contributed by atoms with Gasteiger partial charge in [-0.05, 0) is 149 Å². The van der Waals surface area contributed by atoms with Crippen LogP contribution in [-0.4, -0.2) is 6.71 Å². The van der Waals surface area contributed by atoms with Gasteiger partial charge in [-0.25, -0.2) is 0 Å². The van der Waals surface area contributed by atoms with Crippen LogP contribution in [0.5, 0.6) is 0 Å². The van der Waals surface area contributed by atoms with E-state index in [2.05, 4.69) is 198 Å². The summed E-state index contributed by atoms with van der Waals surface area (Å²) in [5, 5.41) is 4.36. The van der Waals surface area contributed by atoms with Gasteiger partial charge in [-0.2, -0.15) is 0 Å². The third kappa shape index (κ3) is 6.49. The van der Waals surface area contributed by atoms with Crippen molar-refractivity contribution in [2.75, 3.05) is 9.80 Å². The van der Waals surface area contributed by atoms with Crippen LogP contribution in [0.15, 0.2) is 194 Å². The van der Waals surface area contributed by atoms with Crippen molar-refractivity contribution in [1.82, 2.24) is 0 Å². The maximum Gasteiger partial charge on any atom is 0.257 e. The van der Waals surface area contributed by atoms with E-state index in [0.29, 0.717) is 0 Å². The standard InChI is InChI=1S/C65H51BN2O4/c1-37(2)45-31-52-62-53(32-45)68(63-38(3)27-46(28-39(63)4)60-35-43-17-10-13-22-56(43)71-60)64-61(49-36-47(65(5,6)7)24-26-57(49)72-64)66(62)50-25-23-44(59-34-42-16-9-12-21-55(42)70-59)30-51(50)67(52)48-19-14-18-40(29-48)58-33-41-15-8-11-20-54(41)69-58/h8-37H,1-7H3. The van der Waals surface area contributed by atoms with Crippen LogP contribution in [0.25, 0.3) is 77.8 Å². The fraction of sp³-hybridized carbons (Fsp3) is 0.138. The van der Waals surface area contributed by atoms with Crippen molar-refractivity contribution in [1.29, 1.82) is 0 Å². The average Bonchev–Trinajstić information content (AvgIpc) is 4.20. The molecule has 12 aromatic rings. The number of fused-ring (bicyclic) bond motifs is 9. The first-order chi connectivity index (χ1) is 34.9. The van der Waals surface area contributed by atoms with Crippen molar-refractivity contribution in [2.45, 2.75) is 59.8 Å². The molecule has 0 atom stereocenters. The Morgan fingerprint density at radius 1 is 0.458 bits per heavy atom. The fourth-order valence-electron chi connectivity index (χ4n) is 11.6. The van der Waals surface area contributed by atoms with Crippen molar-refractivity contribution in [2.24, 2.45) is 0 Å². The first-order valence-electron chi connectivity index (χ1n) is 25.1. The maximum absolute atomic E-state index is 7.35. The lowest BCUT2D eigenvalue weighted by Gasteiger charge is -2.43. The Balaban J connectivity index is 1.06. The van der Waals surface area contributed by atoms with Crippen LogP contribution in [-0.2, 0) is 5.41 Å². The van der Waals surface area contributed by atoms with E-state index < -0.39 is 0 Å². The van der Waals surface area contributed by atoms with E-state index in [1.54, 1.807) is 0 Å². The summed E-state index contributed by atoms with van der Waals surface area (Å²) in [4.78, 5) is 4.93. The van der Waals surface area contributed by atoms with Crippen LogP contribution < -0.4 is 26.2 Å². The number of aryl methyl sites for hydroxylation is 2. The van der Waals surface area contributed by atoms with Gasteiger partial charge in [-0.1, -0.05) is 120 Å². The highest BCUT2D eigenvalue weighted by atomic mass is 16.4. The van der Waals surface area contributed by atoms with E-state index in [9.17, 15) is 0 Å². The molecule has 6 heterocycles. The van der Waals surface area contributed by atoms with Crippen molar-refractivity contribution >= 4 is 101 Å². The lowest BCUT2D eigenvalue weighted by molar-refractivity contribution is 0.589. The van der Waals surface area contributed by atoms with Crippen LogP contribution in [0.3, 0.4) is 0 Å². The molecular weight excluding hydrogens is 884 g/mol. The van der Waals surface area contributed by atoms with Gasteiger partial charge in [0.1, 0.15) is 39.6 Å². The first kappa shape index (κ1) is 42.5. The number of para-hydroxylation sites is 3. The summed E-state index contributed by atoms with van der Waals surface area (Å²) in [6, 6.07) is 63.1. The summed E-state index contributed by atoms with van der Waals surface area (Å²) in [5.41, 5.74) is 20.2. The van der Waals surface area contributed by atoms with E-state index in [-0.39, 0.29) is 18.0 Å². The molecule has 2 aliphatic rings. The topological polar surface area (TPSA) is 59.0 Å². The number of nitrogens with zero attached hydrogens (tertiary/aromatic N) is 2. The Morgan fingerprint density at radius 3 is 1.61 bits per heavy atom. The zero-order valence-corrected chi connectivity index (χ0v) is 41.4. The number of furan rings is 4. The normalized spacial score (nSPS) is 13.2. The molecule has 0 radical (unpaired) electrons. The minimum Gasteiger partial charge on any atom is -0.456 e. The van der Waals surface area contributed by atoms with Crippen LogP contribution in [0.4, 0.5) is 34.3 Å². The van der Waals surface area contributed by atoms with Crippen molar-refractivity contribution in [3.8, 4) is 34.0 Å². The molecule has 2 aliphatic heterocycles. The summed E-state index contributed by atoms with van der Waals surface area (Å²) in [6.45, 7) is 15.7. The molecule has 7 heteroatoms. The minimum absolute atomic E-state index is 0.0881. The summed E-state index contributed by atoms with van der Waals surface area (Å²) in [7, 11) is 0. The molecule has 0 amide bonds.